The summed E-state index contributed by atoms with van der Waals surface area (Å²) >= 11 is 0. The summed E-state index contributed by atoms with van der Waals surface area (Å²) in [7, 11) is 0. The van der Waals surface area contributed by atoms with Crippen molar-refractivity contribution < 1.29 is 18.7 Å². The van der Waals surface area contributed by atoms with E-state index in [0.29, 0.717) is 5.76 Å². The first-order valence-electron chi connectivity index (χ1n) is 9.76. The molecule has 3 aromatic rings. The van der Waals surface area contributed by atoms with Crippen LogP contribution < -0.4 is 21.9 Å². The molecular formula is C22H22N4O6. The molecule has 2 aromatic heterocycles. The van der Waals surface area contributed by atoms with Crippen molar-refractivity contribution in [2.24, 2.45) is 0 Å². The van der Waals surface area contributed by atoms with Crippen molar-refractivity contribution in [1.29, 1.82) is 0 Å². The van der Waals surface area contributed by atoms with Crippen LogP contribution in [0.15, 0.2) is 68.8 Å². The summed E-state index contributed by atoms with van der Waals surface area (Å²) < 4.78 is 11.2. The monoisotopic (exact) mass is 438 g/mol. The van der Waals surface area contributed by atoms with Gasteiger partial charge < -0.3 is 19.8 Å². The third-order valence-electron chi connectivity index (χ3n) is 4.55. The van der Waals surface area contributed by atoms with Crippen LogP contribution >= 0.6 is 0 Å². The molecule has 0 fully saturated rings. The molecule has 0 bridgehead atoms. The average molecular weight is 438 g/mol. The minimum atomic E-state index is -0.809. The number of benzene rings is 1. The van der Waals surface area contributed by atoms with Crippen LogP contribution in [-0.4, -0.2) is 34.6 Å². The van der Waals surface area contributed by atoms with Crippen molar-refractivity contribution >= 4 is 29.5 Å². The van der Waals surface area contributed by atoms with Crippen molar-refractivity contribution in [3.05, 3.63) is 87.0 Å². The Morgan fingerprint density at radius 2 is 1.94 bits per heavy atom. The van der Waals surface area contributed by atoms with Gasteiger partial charge in [-0.15, -0.1) is 0 Å². The van der Waals surface area contributed by atoms with E-state index in [1.165, 1.54) is 16.9 Å². The fraction of sp³-hybridized carbons (Fsp3) is 0.182. The number of hydrogen-bond acceptors (Lipinski definition) is 7. The number of nitrogen functional groups attached to an aromatic ring is 1. The zero-order chi connectivity index (χ0) is 23.1. The molecule has 2 heterocycles. The van der Waals surface area contributed by atoms with E-state index in [1.54, 1.807) is 43.3 Å². The van der Waals surface area contributed by atoms with Gasteiger partial charge in [0.15, 0.2) is 12.3 Å². The Labute approximate surface area is 182 Å². The van der Waals surface area contributed by atoms with Crippen LogP contribution in [0.1, 0.15) is 18.2 Å². The predicted octanol–water partition coefficient (Wildman–Crippen LogP) is 1.37. The molecule has 0 aliphatic rings. The number of nitrogens with one attached hydrogen (secondary N) is 1. The lowest BCUT2D eigenvalue weighted by atomic mass is 10.2. The molecule has 0 aliphatic heterocycles. The third-order valence-corrected chi connectivity index (χ3v) is 4.55. The Morgan fingerprint density at radius 1 is 1.19 bits per heavy atom. The number of carbonyl (C=O) groups excluding carboxylic acids is 2. The van der Waals surface area contributed by atoms with Gasteiger partial charge in [0.25, 0.3) is 11.5 Å². The van der Waals surface area contributed by atoms with E-state index >= 15 is 0 Å². The molecule has 0 saturated carbocycles. The highest BCUT2D eigenvalue weighted by atomic mass is 16.5. The summed E-state index contributed by atoms with van der Waals surface area (Å²) in [6, 6.07) is 12.3. The zero-order valence-corrected chi connectivity index (χ0v) is 17.3. The average Bonchev–Trinajstić information content (AvgIpc) is 3.31. The van der Waals surface area contributed by atoms with Crippen molar-refractivity contribution in [3.63, 3.8) is 0 Å². The molecule has 1 aromatic carbocycles. The number of amides is 1. The number of carbonyl (C=O) groups is 2. The van der Waals surface area contributed by atoms with Crippen LogP contribution in [0, 0.1) is 0 Å². The maximum Gasteiger partial charge on any atom is 0.331 e. The van der Waals surface area contributed by atoms with E-state index in [-0.39, 0.29) is 24.6 Å². The summed E-state index contributed by atoms with van der Waals surface area (Å²) in [6.07, 6.45) is 3.96. The van der Waals surface area contributed by atoms with Gasteiger partial charge in [0.2, 0.25) is 0 Å². The second-order valence-corrected chi connectivity index (χ2v) is 6.66. The lowest BCUT2D eigenvalue weighted by Crippen LogP contribution is -2.42. The summed E-state index contributed by atoms with van der Waals surface area (Å²) in [5.74, 6) is -1.15. The number of anilines is 2. The SMILES string of the molecule is CCN(C(=O)COC(=O)/C=C/c1ccco1)c1c(N)n(Cc2ccccc2)c(=O)[nH]c1=O. The minimum absolute atomic E-state index is 0.0649. The second kappa shape index (κ2) is 10.1. The Balaban J connectivity index is 1.79. The maximum atomic E-state index is 12.7. The molecule has 0 radical (unpaired) electrons. The van der Waals surface area contributed by atoms with Crippen LogP contribution in [-0.2, 0) is 20.9 Å². The number of aromatic amines is 1. The molecule has 10 heteroatoms. The largest absolute Gasteiger partial charge is 0.465 e. The van der Waals surface area contributed by atoms with Crippen molar-refractivity contribution in [2.45, 2.75) is 13.5 Å². The topological polar surface area (TPSA) is 141 Å². The van der Waals surface area contributed by atoms with Crippen molar-refractivity contribution in [2.75, 3.05) is 23.8 Å². The molecule has 32 heavy (non-hydrogen) atoms. The maximum absolute atomic E-state index is 12.7. The molecule has 3 rings (SSSR count). The van der Waals surface area contributed by atoms with E-state index in [2.05, 4.69) is 4.98 Å². The molecule has 0 unspecified atom stereocenters. The van der Waals surface area contributed by atoms with Gasteiger partial charge in [-0.05, 0) is 30.7 Å². The van der Waals surface area contributed by atoms with Crippen LogP contribution in [0.5, 0.6) is 0 Å². The van der Waals surface area contributed by atoms with Gasteiger partial charge in [0.05, 0.1) is 12.8 Å². The number of likely N-dealkylation sites (N-methyl/N-ethyl adjacent to an activating group) is 1. The van der Waals surface area contributed by atoms with E-state index in [9.17, 15) is 19.2 Å². The fourth-order valence-corrected chi connectivity index (χ4v) is 3.02. The molecule has 10 nitrogen and oxygen atoms in total. The number of esters is 1. The van der Waals surface area contributed by atoms with Crippen molar-refractivity contribution in [3.8, 4) is 0 Å². The highest BCUT2D eigenvalue weighted by Gasteiger charge is 2.23. The summed E-state index contributed by atoms with van der Waals surface area (Å²) in [5, 5.41) is 0. The lowest BCUT2D eigenvalue weighted by molar-refractivity contribution is -0.142. The lowest BCUT2D eigenvalue weighted by Gasteiger charge is -2.23. The third kappa shape index (κ3) is 5.22. The first-order valence-corrected chi connectivity index (χ1v) is 9.76. The van der Waals surface area contributed by atoms with Gasteiger partial charge in [-0.3, -0.25) is 19.1 Å². The van der Waals surface area contributed by atoms with Gasteiger partial charge in [0, 0.05) is 12.6 Å². The predicted molar refractivity (Wildman–Crippen MR) is 118 cm³/mol. The van der Waals surface area contributed by atoms with Gasteiger partial charge in [0.1, 0.15) is 11.6 Å². The van der Waals surface area contributed by atoms with Gasteiger partial charge >= 0.3 is 11.7 Å². The van der Waals surface area contributed by atoms with Gasteiger partial charge in [-0.1, -0.05) is 30.3 Å². The minimum Gasteiger partial charge on any atom is -0.465 e. The smallest absolute Gasteiger partial charge is 0.331 e. The fourth-order valence-electron chi connectivity index (χ4n) is 3.02. The molecule has 0 saturated heterocycles. The Kier molecular flexibility index (Phi) is 7.06. The number of aromatic nitrogens is 2. The number of nitrogens with zero attached hydrogens (tertiary/aromatic N) is 2. The molecular weight excluding hydrogens is 416 g/mol. The second-order valence-electron chi connectivity index (χ2n) is 6.66. The Bertz CT molecular complexity index is 1230. The van der Waals surface area contributed by atoms with E-state index in [4.69, 9.17) is 14.9 Å². The van der Waals surface area contributed by atoms with Gasteiger partial charge in [-0.2, -0.15) is 0 Å². The zero-order valence-electron chi connectivity index (χ0n) is 17.3. The van der Waals surface area contributed by atoms with Crippen LogP contribution in [0.3, 0.4) is 0 Å². The molecule has 1 amide bonds. The molecule has 3 N–H and O–H groups in total. The van der Waals surface area contributed by atoms with Crippen molar-refractivity contribution in [1.82, 2.24) is 9.55 Å². The Morgan fingerprint density at radius 3 is 2.59 bits per heavy atom. The molecule has 166 valence electrons. The highest BCUT2D eigenvalue weighted by molar-refractivity contribution is 5.98. The Hall–Kier alpha value is -4.34. The highest BCUT2D eigenvalue weighted by Crippen LogP contribution is 2.18. The number of furan rings is 1. The standard InChI is InChI=1S/C22H22N4O6/c1-2-25(17(27)14-32-18(28)11-10-16-9-6-12-31-16)19-20(23)26(22(30)24-21(19)29)13-15-7-4-3-5-8-15/h3-12H,2,13-14,23H2,1H3,(H,24,29,30)/b11-10+. The van der Waals surface area contributed by atoms with E-state index in [0.717, 1.165) is 16.5 Å². The normalized spacial score (nSPS) is 10.9. The number of nitrogens with two attached hydrogens (primary N) is 1. The number of H-pyrrole nitrogens is 1. The summed E-state index contributed by atoms with van der Waals surface area (Å²) in [4.78, 5) is 52.6. The first-order chi connectivity index (χ1) is 15.4. The number of ether oxygens (including phenoxy) is 1. The van der Waals surface area contributed by atoms with Gasteiger partial charge in [-0.25, -0.2) is 9.59 Å². The van der Waals surface area contributed by atoms with Crippen LogP contribution in [0.2, 0.25) is 0 Å². The molecule has 0 atom stereocenters. The van der Waals surface area contributed by atoms with Crippen LogP contribution in [0.4, 0.5) is 11.5 Å². The number of hydrogen-bond donors (Lipinski definition) is 2. The summed E-state index contributed by atoms with van der Waals surface area (Å²) in [5.41, 5.74) is 5.22. The van der Waals surface area contributed by atoms with Crippen LogP contribution in [0.25, 0.3) is 6.08 Å². The van der Waals surface area contributed by atoms with E-state index in [1.807, 2.05) is 6.07 Å². The molecule has 0 spiro atoms. The van der Waals surface area contributed by atoms with E-state index < -0.39 is 29.7 Å². The molecule has 0 aliphatic carbocycles. The first kappa shape index (κ1) is 22.3. The quantitative estimate of drug-likeness (QED) is 0.400. The summed E-state index contributed by atoms with van der Waals surface area (Å²) in [6.45, 7) is 1.18. The number of rotatable bonds is 8.